The minimum Gasteiger partial charge on any atom is -0.327 e. The predicted molar refractivity (Wildman–Crippen MR) is 90.2 cm³/mol. The predicted octanol–water partition coefficient (Wildman–Crippen LogP) is 1.58. The third-order valence-electron chi connectivity index (χ3n) is 3.98. The normalized spacial score (nSPS) is 11.1. The fraction of sp³-hybridized carbons (Fsp3) is 0.250. The van der Waals surface area contributed by atoms with Crippen molar-refractivity contribution in [2.24, 2.45) is 0 Å². The SMILES string of the molecule is CCn1ncnc1-c1c(-c2ccccc2)ncn1CCc1nn[nH]n1. The maximum Gasteiger partial charge on any atom is 0.177 e. The quantitative estimate of drug-likeness (QED) is 0.574. The molecule has 0 unspecified atom stereocenters. The number of tetrazole rings is 1. The van der Waals surface area contributed by atoms with Gasteiger partial charge in [-0.3, -0.25) is 0 Å². The molecule has 1 aromatic carbocycles. The van der Waals surface area contributed by atoms with E-state index in [-0.39, 0.29) is 0 Å². The molecule has 126 valence electrons. The average Bonchev–Trinajstić information content (AvgIpc) is 3.39. The van der Waals surface area contributed by atoms with Gasteiger partial charge in [-0.25, -0.2) is 14.6 Å². The number of H-pyrrole nitrogens is 1. The maximum absolute atomic E-state index is 4.64. The first-order chi connectivity index (χ1) is 12.4. The van der Waals surface area contributed by atoms with Crippen molar-refractivity contribution in [3.63, 3.8) is 0 Å². The van der Waals surface area contributed by atoms with Crippen LogP contribution in [0.2, 0.25) is 0 Å². The molecule has 0 spiro atoms. The lowest BCUT2D eigenvalue weighted by atomic mass is 10.1. The number of nitrogens with zero attached hydrogens (tertiary/aromatic N) is 8. The van der Waals surface area contributed by atoms with E-state index < -0.39 is 0 Å². The Bertz CT molecular complexity index is 937. The highest BCUT2D eigenvalue weighted by atomic mass is 15.5. The minimum atomic E-state index is 0.647. The largest absolute Gasteiger partial charge is 0.327 e. The highest BCUT2D eigenvalue weighted by Crippen LogP contribution is 2.30. The van der Waals surface area contributed by atoms with Gasteiger partial charge in [-0.1, -0.05) is 35.5 Å². The van der Waals surface area contributed by atoms with Gasteiger partial charge in [0.2, 0.25) is 0 Å². The summed E-state index contributed by atoms with van der Waals surface area (Å²) in [6.07, 6.45) is 4.05. The molecule has 0 bridgehead atoms. The maximum atomic E-state index is 4.64. The summed E-state index contributed by atoms with van der Waals surface area (Å²) in [5, 5.41) is 18.4. The van der Waals surface area contributed by atoms with Gasteiger partial charge < -0.3 is 4.57 Å². The van der Waals surface area contributed by atoms with Gasteiger partial charge in [-0.2, -0.15) is 10.3 Å². The van der Waals surface area contributed by atoms with Crippen molar-refractivity contribution in [1.82, 2.24) is 44.9 Å². The molecule has 9 nitrogen and oxygen atoms in total. The molecule has 0 radical (unpaired) electrons. The molecule has 0 aliphatic heterocycles. The standard InChI is InChI=1S/C16H17N9/c1-2-25-16(17-10-19-25)15-14(12-6-4-3-5-7-12)18-11-24(15)9-8-13-20-22-23-21-13/h3-7,10-11H,2,8-9H2,1H3,(H,20,21,22,23). The van der Waals surface area contributed by atoms with Crippen LogP contribution in [0.3, 0.4) is 0 Å². The lowest BCUT2D eigenvalue weighted by Crippen LogP contribution is -2.08. The van der Waals surface area contributed by atoms with Crippen LogP contribution in [0, 0.1) is 0 Å². The van der Waals surface area contributed by atoms with Crippen LogP contribution in [-0.2, 0) is 19.5 Å². The van der Waals surface area contributed by atoms with Crippen LogP contribution in [0.5, 0.6) is 0 Å². The van der Waals surface area contributed by atoms with Crippen molar-refractivity contribution in [1.29, 1.82) is 0 Å². The molecule has 9 heteroatoms. The summed E-state index contributed by atoms with van der Waals surface area (Å²) in [5.41, 5.74) is 2.87. The second kappa shape index (κ2) is 6.63. The molecule has 0 aliphatic carbocycles. The van der Waals surface area contributed by atoms with Crippen LogP contribution >= 0.6 is 0 Å². The Morgan fingerprint density at radius 3 is 2.76 bits per heavy atom. The topological polar surface area (TPSA) is 103 Å². The second-order valence-corrected chi connectivity index (χ2v) is 5.48. The first kappa shape index (κ1) is 15.2. The van der Waals surface area contributed by atoms with Gasteiger partial charge in [-0.05, 0) is 6.92 Å². The van der Waals surface area contributed by atoms with Crippen LogP contribution in [0.25, 0.3) is 22.8 Å². The highest BCUT2D eigenvalue weighted by Gasteiger charge is 2.19. The van der Waals surface area contributed by atoms with E-state index in [0.29, 0.717) is 18.8 Å². The summed E-state index contributed by atoms with van der Waals surface area (Å²) in [6, 6.07) is 10.1. The summed E-state index contributed by atoms with van der Waals surface area (Å²) in [4.78, 5) is 9.10. The van der Waals surface area contributed by atoms with Crippen molar-refractivity contribution < 1.29 is 0 Å². The zero-order valence-corrected chi connectivity index (χ0v) is 13.7. The molecule has 0 atom stereocenters. The molecule has 3 heterocycles. The molecule has 4 aromatic rings. The number of benzene rings is 1. The monoisotopic (exact) mass is 335 g/mol. The Labute approximate surface area is 143 Å². The molecule has 0 amide bonds. The zero-order valence-electron chi connectivity index (χ0n) is 13.7. The van der Waals surface area contributed by atoms with Gasteiger partial charge in [0.05, 0.1) is 12.0 Å². The van der Waals surface area contributed by atoms with Crippen molar-refractivity contribution in [3.8, 4) is 22.8 Å². The number of aromatic nitrogens is 9. The minimum absolute atomic E-state index is 0.647. The Hall–Kier alpha value is -3.36. The third kappa shape index (κ3) is 2.91. The molecule has 0 fully saturated rings. The number of rotatable bonds is 6. The highest BCUT2D eigenvalue weighted by molar-refractivity contribution is 5.75. The fourth-order valence-electron chi connectivity index (χ4n) is 2.78. The molecule has 3 aromatic heterocycles. The molecule has 0 saturated carbocycles. The summed E-state index contributed by atoms with van der Waals surface area (Å²) >= 11 is 0. The Morgan fingerprint density at radius 2 is 2.00 bits per heavy atom. The third-order valence-corrected chi connectivity index (χ3v) is 3.98. The summed E-state index contributed by atoms with van der Waals surface area (Å²) in [6.45, 7) is 3.45. The molecule has 25 heavy (non-hydrogen) atoms. The Morgan fingerprint density at radius 1 is 1.12 bits per heavy atom. The van der Waals surface area contributed by atoms with E-state index in [9.17, 15) is 0 Å². The number of aryl methyl sites for hydroxylation is 3. The van der Waals surface area contributed by atoms with Crippen molar-refractivity contribution in [2.75, 3.05) is 0 Å². The number of aromatic amines is 1. The van der Waals surface area contributed by atoms with Gasteiger partial charge >= 0.3 is 0 Å². The van der Waals surface area contributed by atoms with Crippen molar-refractivity contribution in [2.45, 2.75) is 26.4 Å². The van der Waals surface area contributed by atoms with E-state index in [0.717, 1.165) is 29.3 Å². The van der Waals surface area contributed by atoms with E-state index in [2.05, 4.69) is 40.3 Å². The molecular weight excluding hydrogens is 318 g/mol. The summed E-state index contributed by atoms with van der Waals surface area (Å²) < 4.78 is 3.93. The van der Waals surface area contributed by atoms with Gasteiger partial charge in [0, 0.05) is 25.1 Å². The summed E-state index contributed by atoms with van der Waals surface area (Å²) in [5.74, 6) is 1.46. The first-order valence-corrected chi connectivity index (χ1v) is 8.08. The van der Waals surface area contributed by atoms with Gasteiger partial charge in [0.1, 0.15) is 12.0 Å². The van der Waals surface area contributed by atoms with E-state index >= 15 is 0 Å². The van der Waals surface area contributed by atoms with Crippen LogP contribution in [0.1, 0.15) is 12.7 Å². The molecule has 0 saturated heterocycles. The number of hydrogen-bond acceptors (Lipinski definition) is 6. The Kier molecular flexibility index (Phi) is 4.03. The van der Waals surface area contributed by atoms with Crippen molar-refractivity contribution >= 4 is 0 Å². The van der Waals surface area contributed by atoms with E-state index in [1.54, 1.807) is 6.33 Å². The van der Waals surface area contributed by atoms with Crippen LogP contribution in [-0.4, -0.2) is 44.9 Å². The smallest absolute Gasteiger partial charge is 0.177 e. The number of nitrogens with one attached hydrogen (secondary N) is 1. The van der Waals surface area contributed by atoms with Crippen LogP contribution in [0.4, 0.5) is 0 Å². The fourth-order valence-corrected chi connectivity index (χ4v) is 2.78. The van der Waals surface area contributed by atoms with E-state index in [4.69, 9.17) is 0 Å². The van der Waals surface area contributed by atoms with Crippen molar-refractivity contribution in [3.05, 3.63) is 48.8 Å². The molecule has 0 aliphatic rings. The number of hydrogen-bond donors (Lipinski definition) is 1. The van der Waals surface area contributed by atoms with E-state index in [1.165, 1.54) is 0 Å². The summed E-state index contributed by atoms with van der Waals surface area (Å²) in [7, 11) is 0. The lowest BCUT2D eigenvalue weighted by molar-refractivity contribution is 0.643. The van der Waals surface area contributed by atoms with Gasteiger partial charge in [0.25, 0.3) is 0 Å². The molecule has 4 rings (SSSR count). The second-order valence-electron chi connectivity index (χ2n) is 5.48. The van der Waals surface area contributed by atoms with E-state index in [1.807, 2.05) is 48.3 Å². The number of imidazole rings is 1. The average molecular weight is 335 g/mol. The molecular formula is C16H17N9. The molecule has 1 N–H and O–H groups in total. The van der Waals surface area contributed by atoms with Crippen LogP contribution < -0.4 is 0 Å². The Balaban J connectivity index is 1.77. The van der Waals surface area contributed by atoms with Gasteiger partial charge in [-0.15, -0.1) is 10.2 Å². The van der Waals surface area contributed by atoms with Crippen LogP contribution in [0.15, 0.2) is 43.0 Å². The zero-order chi connectivity index (χ0) is 17.1. The lowest BCUT2D eigenvalue weighted by Gasteiger charge is -2.10. The first-order valence-electron chi connectivity index (χ1n) is 8.08. The van der Waals surface area contributed by atoms with Gasteiger partial charge in [0.15, 0.2) is 11.6 Å².